The van der Waals surface area contributed by atoms with Gasteiger partial charge in [-0.25, -0.2) is 0 Å². The third kappa shape index (κ3) is 14.0. The summed E-state index contributed by atoms with van der Waals surface area (Å²) in [4.78, 5) is 75.3. The first kappa shape index (κ1) is 51.8. The number of hydrogen-bond donors (Lipinski definition) is 4. The highest BCUT2D eigenvalue weighted by Gasteiger charge is 2.43. The van der Waals surface area contributed by atoms with Crippen LogP contribution in [0.1, 0.15) is 85.3 Å². The smallest absolute Gasteiger partial charge is 0.245 e. The van der Waals surface area contributed by atoms with Crippen molar-refractivity contribution in [3.05, 3.63) is 65.7 Å². The average molecular weight is 864 g/mol. The van der Waals surface area contributed by atoms with Crippen LogP contribution in [0.4, 0.5) is 5.69 Å². The molecule has 1 aliphatic heterocycles. The first-order valence-electron chi connectivity index (χ1n) is 22.4. The van der Waals surface area contributed by atoms with Crippen LogP contribution in [-0.2, 0) is 46.4 Å². The van der Waals surface area contributed by atoms with Gasteiger partial charge in [-0.1, -0.05) is 97.4 Å². The fourth-order valence-electron chi connectivity index (χ4n) is 8.88. The predicted octanol–water partition coefficient (Wildman–Crippen LogP) is 4.72. The summed E-state index contributed by atoms with van der Waals surface area (Å²) < 4.78 is 12.1. The molecule has 0 spiro atoms. The zero-order valence-electron chi connectivity index (χ0n) is 39.7. The molecule has 5 amide bonds. The monoisotopic (exact) mass is 864 g/mol. The van der Waals surface area contributed by atoms with E-state index in [4.69, 9.17) is 9.47 Å². The first-order chi connectivity index (χ1) is 29.4. The highest BCUT2D eigenvalue weighted by molar-refractivity contribution is 5.91. The molecule has 1 unspecified atom stereocenters. The largest absolute Gasteiger partial charge is 0.388 e. The van der Waals surface area contributed by atoms with Crippen LogP contribution in [0.25, 0.3) is 0 Å². The van der Waals surface area contributed by atoms with Crippen molar-refractivity contribution in [2.75, 3.05) is 54.3 Å². The maximum Gasteiger partial charge on any atom is 0.245 e. The van der Waals surface area contributed by atoms with E-state index in [0.29, 0.717) is 25.9 Å². The van der Waals surface area contributed by atoms with Gasteiger partial charge in [0.25, 0.3) is 0 Å². The van der Waals surface area contributed by atoms with E-state index in [2.05, 4.69) is 21.3 Å². The molecule has 14 heteroatoms. The summed E-state index contributed by atoms with van der Waals surface area (Å²) in [5.41, 5.74) is 2.79. The van der Waals surface area contributed by atoms with Gasteiger partial charge in [0.2, 0.25) is 29.5 Å². The average Bonchev–Trinajstić information content (AvgIpc) is 3.73. The van der Waals surface area contributed by atoms with E-state index in [1.807, 2.05) is 122 Å². The first-order valence-corrected chi connectivity index (χ1v) is 22.4. The van der Waals surface area contributed by atoms with Crippen molar-refractivity contribution in [3.63, 3.8) is 0 Å². The minimum absolute atomic E-state index is 0.00238. The lowest BCUT2D eigenvalue weighted by atomic mass is 9.89. The molecule has 2 aromatic carbocycles. The molecule has 4 N–H and O–H groups in total. The third-order valence-corrected chi connectivity index (χ3v) is 12.6. The van der Waals surface area contributed by atoms with Crippen molar-refractivity contribution >= 4 is 35.2 Å². The fourth-order valence-corrected chi connectivity index (χ4v) is 8.88. The number of amides is 5. The Morgan fingerprint density at radius 2 is 1.45 bits per heavy atom. The second kappa shape index (κ2) is 24.9. The molecule has 1 aliphatic rings. The topological polar surface area (TPSA) is 162 Å². The molecule has 0 bridgehead atoms. The number of rotatable bonds is 24. The summed E-state index contributed by atoms with van der Waals surface area (Å²) in [6.07, 6.45) is 1.07. The zero-order valence-corrected chi connectivity index (χ0v) is 39.7. The Balaban J connectivity index is 1.79. The van der Waals surface area contributed by atoms with E-state index in [-0.39, 0.29) is 53.7 Å². The summed E-state index contributed by atoms with van der Waals surface area (Å²) in [6, 6.07) is 14.4. The van der Waals surface area contributed by atoms with E-state index >= 15 is 0 Å². The highest BCUT2D eigenvalue weighted by atomic mass is 16.5. The molecule has 14 nitrogen and oxygen atoms in total. The maximum atomic E-state index is 14.4. The number of likely N-dealkylation sites (tertiary alicyclic amines) is 1. The number of hydrogen-bond acceptors (Lipinski definition) is 9. The standard InChI is InChI=1S/C48H77N7O7/c1-14-32(6)43(54(11)48(60)41(30(2)3)52-47(59)42(31(4)5)53(9)10)39(61-12)28-40(56)55-26-18-21-38(55)44(62-13)33(7)45(57)51-37(27-34-19-16-15-17-20-34)46(58)50-29-35-22-24-36(49-8)25-23-35/h15-17,19-20,22-25,30-33,37-39,41-44,49H,14,18,21,26-29H2,1-13H3,(H,50,58)(H,51,57)(H,52,59)/t32-,33+,37?,38-,39+,41-,42-,43-,44+/m0/s1. The summed E-state index contributed by atoms with van der Waals surface area (Å²) in [5.74, 6) is -2.17. The number of ether oxygens (including phenoxy) is 2. The van der Waals surface area contributed by atoms with Crippen molar-refractivity contribution in [3.8, 4) is 0 Å². The Morgan fingerprint density at radius 3 is 1.98 bits per heavy atom. The van der Waals surface area contributed by atoms with Gasteiger partial charge < -0.3 is 40.5 Å². The Hall–Kier alpha value is -4.53. The molecule has 9 atom stereocenters. The van der Waals surface area contributed by atoms with Crippen molar-refractivity contribution in [2.24, 2.45) is 23.7 Å². The fraction of sp³-hybridized carbons (Fsp3) is 0.646. The molecule has 0 aromatic heterocycles. The number of carbonyl (C=O) groups excluding carboxylic acids is 5. The van der Waals surface area contributed by atoms with Crippen LogP contribution < -0.4 is 21.3 Å². The van der Waals surface area contributed by atoms with Gasteiger partial charge in [-0.05, 0) is 68.0 Å². The summed E-state index contributed by atoms with van der Waals surface area (Å²) in [7, 11) is 10.4. The SMILES string of the molecule is CC[C@H](C)[C@@H]([C@@H](CC(=O)N1CCC[C@H]1[C@H](OC)[C@@H](C)C(=O)NC(Cc1ccccc1)C(=O)NCc1ccc(NC)cc1)OC)N(C)C(=O)[C@@H](NC(=O)[C@H](C(C)C)N(C)C)C(C)C. The van der Waals surface area contributed by atoms with Gasteiger partial charge in [0.1, 0.15) is 12.1 Å². The second-order valence-electron chi connectivity index (χ2n) is 17.9. The minimum atomic E-state index is -0.851. The molecule has 0 saturated carbocycles. The van der Waals surface area contributed by atoms with Gasteiger partial charge in [0, 0.05) is 53.5 Å². The number of nitrogens with one attached hydrogen (secondary N) is 4. The van der Waals surface area contributed by atoms with Crippen LogP contribution in [-0.4, -0.2) is 136 Å². The van der Waals surface area contributed by atoms with Crippen LogP contribution in [0.2, 0.25) is 0 Å². The van der Waals surface area contributed by atoms with Gasteiger partial charge in [0.15, 0.2) is 0 Å². The van der Waals surface area contributed by atoms with Crippen molar-refractivity contribution in [1.82, 2.24) is 30.7 Å². The molecule has 62 heavy (non-hydrogen) atoms. The van der Waals surface area contributed by atoms with Crippen molar-refractivity contribution in [1.29, 1.82) is 0 Å². The van der Waals surface area contributed by atoms with Gasteiger partial charge in [-0.2, -0.15) is 0 Å². The molecule has 0 radical (unpaired) electrons. The van der Waals surface area contributed by atoms with E-state index in [1.165, 1.54) is 0 Å². The molecule has 1 heterocycles. The Labute approximate surface area is 371 Å². The number of benzene rings is 2. The molecule has 2 aromatic rings. The minimum Gasteiger partial charge on any atom is -0.388 e. The third-order valence-electron chi connectivity index (χ3n) is 12.6. The number of anilines is 1. The van der Waals surface area contributed by atoms with Gasteiger partial charge in [-0.15, -0.1) is 0 Å². The molecule has 0 aliphatic carbocycles. The second-order valence-corrected chi connectivity index (χ2v) is 17.9. The van der Waals surface area contributed by atoms with Crippen molar-refractivity contribution < 1.29 is 33.4 Å². The summed E-state index contributed by atoms with van der Waals surface area (Å²) in [6.45, 7) is 14.4. The van der Waals surface area contributed by atoms with Crippen LogP contribution in [0, 0.1) is 23.7 Å². The quantitative estimate of drug-likeness (QED) is 0.117. The lowest BCUT2D eigenvalue weighted by Gasteiger charge is -2.41. The lowest BCUT2D eigenvalue weighted by Crippen LogP contribution is -2.59. The van der Waals surface area contributed by atoms with Crippen LogP contribution in [0.15, 0.2) is 54.6 Å². The van der Waals surface area contributed by atoms with Crippen molar-refractivity contribution in [2.45, 2.75) is 130 Å². The van der Waals surface area contributed by atoms with E-state index in [1.54, 1.807) is 38.0 Å². The summed E-state index contributed by atoms with van der Waals surface area (Å²) in [5, 5.41) is 12.1. The van der Waals surface area contributed by atoms with Gasteiger partial charge in [0.05, 0.1) is 42.7 Å². The molecule has 346 valence electrons. The number of carbonyl (C=O) groups is 5. The number of methoxy groups -OCH3 is 2. The molecule has 1 saturated heterocycles. The van der Waals surface area contributed by atoms with Gasteiger partial charge >= 0.3 is 0 Å². The Bertz CT molecular complexity index is 1720. The normalized spacial score (nSPS) is 18.0. The van der Waals surface area contributed by atoms with Crippen LogP contribution in [0.5, 0.6) is 0 Å². The maximum absolute atomic E-state index is 14.4. The predicted molar refractivity (Wildman–Crippen MR) is 245 cm³/mol. The molecule has 3 rings (SSSR count). The number of nitrogens with zero attached hydrogens (tertiary/aromatic N) is 3. The van der Waals surface area contributed by atoms with E-state index in [0.717, 1.165) is 29.7 Å². The zero-order chi connectivity index (χ0) is 46.3. The Kier molecular flexibility index (Phi) is 20.8. The number of likely N-dealkylation sites (N-methyl/N-ethyl adjacent to an activating group) is 2. The molecular formula is C48H77N7O7. The van der Waals surface area contributed by atoms with Crippen LogP contribution in [0.3, 0.4) is 0 Å². The highest BCUT2D eigenvalue weighted by Crippen LogP contribution is 2.30. The van der Waals surface area contributed by atoms with E-state index < -0.39 is 48.3 Å². The van der Waals surface area contributed by atoms with Gasteiger partial charge in [-0.3, -0.25) is 28.9 Å². The summed E-state index contributed by atoms with van der Waals surface area (Å²) >= 11 is 0. The molecule has 1 fully saturated rings. The Morgan fingerprint density at radius 1 is 0.806 bits per heavy atom. The van der Waals surface area contributed by atoms with Crippen LogP contribution >= 0.6 is 0 Å². The van der Waals surface area contributed by atoms with E-state index in [9.17, 15) is 24.0 Å². The molecular weight excluding hydrogens is 787 g/mol. The lowest BCUT2D eigenvalue weighted by molar-refractivity contribution is -0.148.